The van der Waals surface area contributed by atoms with Crippen molar-refractivity contribution in [2.24, 2.45) is 0 Å². The maximum Gasteiger partial charge on any atom is 0.325 e. The molecule has 0 atom stereocenters. The Labute approximate surface area is 165 Å². The van der Waals surface area contributed by atoms with Gasteiger partial charge in [0.25, 0.3) is 5.91 Å². The number of nitrogens with one attached hydrogen (secondary N) is 3. The molecule has 2 fully saturated rings. The number of aryl methyl sites for hydroxylation is 1. The summed E-state index contributed by atoms with van der Waals surface area (Å²) in [6.45, 7) is 1.22. The molecule has 1 heterocycles. The first kappa shape index (κ1) is 19.3. The van der Waals surface area contributed by atoms with Crippen molar-refractivity contribution in [2.75, 3.05) is 18.4 Å². The highest BCUT2D eigenvalue weighted by molar-refractivity contribution is 9.10. The Morgan fingerprint density at radius 3 is 2.59 bits per heavy atom. The van der Waals surface area contributed by atoms with Gasteiger partial charge in [-0.05, 0) is 43.5 Å². The number of amides is 5. The van der Waals surface area contributed by atoms with Gasteiger partial charge in [-0.15, -0.1) is 0 Å². The maximum atomic E-state index is 12.5. The number of carbonyl (C=O) groups excluding carboxylic acids is 4. The molecule has 27 heavy (non-hydrogen) atoms. The summed E-state index contributed by atoms with van der Waals surface area (Å²) in [7, 11) is 0. The van der Waals surface area contributed by atoms with Crippen LogP contribution in [-0.4, -0.2) is 47.3 Å². The van der Waals surface area contributed by atoms with E-state index in [-0.39, 0.29) is 12.5 Å². The Bertz CT molecular complexity index is 805. The van der Waals surface area contributed by atoms with Crippen LogP contribution in [0.3, 0.4) is 0 Å². The van der Waals surface area contributed by atoms with Gasteiger partial charge in [-0.1, -0.05) is 28.8 Å². The molecule has 3 rings (SSSR count). The Morgan fingerprint density at radius 1 is 1.22 bits per heavy atom. The first-order chi connectivity index (χ1) is 12.8. The minimum Gasteiger partial charge on any atom is -0.345 e. The molecule has 1 saturated heterocycles. The Balaban J connectivity index is 1.50. The van der Waals surface area contributed by atoms with Crippen molar-refractivity contribution < 1.29 is 19.2 Å². The third kappa shape index (κ3) is 4.13. The van der Waals surface area contributed by atoms with E-state index in [2.05, 4.69) is 31.9 Å². The minimum atomic E-state index is -0.839. The highest BCUT2D eigenvalue weighted by atomic mass is 79.9. The monoisotopic (exact) mass is 436 g/mol. The number of hydrogen-bond donors (Lipinski definition) is 3. The number of rotatable bonds is 5. The van der Waals surface area contributed by atoms with Gasteiger partial charge in [0.2, 0.25) is 11.8 Å². The zero-order chi connectivity index (χ0) is 19.6. The van der Waals surface area contributed by atoms with Crippen LogP contribution in [-0.2, 0) is 14.4 Å². The number of hydrogen-bond acceptors (Lipinski definition) is 4. The number of imide groups is 1. The van der Waals surface area contributed by atoms with Crippen molar-refractivity contribution in [3.05, 3.63) is 28.2 Å². The molecule has 9 heteroatoms. The molecular formula is C18H21BrN4O4. The lowest BCUT2D eigenvalue weighted by Gasteiger charge is -2.19. The summed E-state index contributed by atoms with van der Waals surface area (Å²) >= 11 is 3.35. The Kier molecular flexibility index (Phi) is 5.50. The summed E-state index contributed by atoms with van der Waals surface area (Å²) in [5.74, 6) is -1.30. The fraction of sp³-hybridized carbons (Fsp3) is 0.444. The fourth-order valence-corrected chi connectivity index (χ4v) is 3.95. The highest BCUT2D eigenvalue weighted by Gasteiger charge is 2.52. The number of benzene rings is 1. The van der Waals surface area contributed by atoms with Gasteiger partial charge in [-0.3, -0.25) is 19.3 Å². The largest absolute Gasteiger partial charge is 0.345 e. The molecule has 1 aliphatic heterocycles. The second kappa shape index (κ2) is 7.67. The molecular weight excluding hydrogens is 416 g/mol. The van der Waals surface area contributed by atoms with Crippen LogP contribution in [0.25, 0.3) is 0 Å². The predicted octanol–water partition coefficient (Wildman–Crippen LogP) is 1.68. The molecule has 1 aromatic carbocycles. The number of nitrogens with zero attached hydrogens (tertiary/aromatic N) is 1. The molecule has 8 nitrogen and oxygen atoms in total. The Hall–Kier alpha value is -2.42. The SMILES string of the molecule is Cc1cc(Br)ccc1NC(=O)CNC(=O)CN1C(=O)NC2(CCCC2)C1=O. The van der Waals surface area contributed by atoms with Crippen LogP contribution in [0.5, 0.6) is 0 Å². The Morgan fingerprint density at radius 2 is 1.93 bits per heavy atom. The van der Waals surface area contributed by atoms with Crippen LogP contribution in [0, 0.1) is 6.92 Å². The van der Waals surface area contributed by atoms with E-state index in [4.69, 9.17) is 0 Å². The van der Waals surface area contributed by atoms with Gasteiger partial charge in [0.05, 0.1) is 6.54 Å². The van der Waals surface area contributed by atoms with Crippen LogP contribution < -0.4 is 16.0 Å². The van der Waals surface area contributed by atoms with E-state index in [1.165, 1.54) is 0 Å². The van der Waals surface area contributed by atoms with E-state index in [0.29, 0.717) is 18.5 Å². The molecule has 0 radical (unpaired) electrons. The van der Waals surface area contributed by atoms with Crippen LogP contribution in [0.4, 0.5) is 10.5 Å². The van der Waals surface area contributed by atoms with Gasteiger partial charge in [0.15, 0.2) is 0 Å². The summed E-state index contributed by atoms with van der Waals surface area (Å²) in [6, 6.07) is 4.88. The molecule has 1 aromatic rings. The molecule has 1 spiro atoms. The zero-order valence-electron chi connectivity index (χ0n) is 14.9. The van der Waals surface area contributed by atoms with Gasteiger partial charge in [0, 0.05) is 10.2 Å². The molecule has 1 saturated carbocycles. The minimum absolute atomic E-state index is 0.247. The van der Waals surface area contributed by atoms with Crippen molar-refractivity contribution in [3.63, 3.8) is 0 Å². The van der Waals surface area contributed by atoms with Crippen molar-refractivity contribution in [2.45, 2.75) is 38.1 Å². The number of urea groups is 1. The van der Waals surface area contributed by atoms with Gasteiger partial charge in [0.1, 0.15) is 12.1 Å². The topological polar surface area (TPSA) is 108 Å². The standard InChI is InChI=1S/C18H21BrN4O4/c1-11-8-12(19)4-5-13(11)21-14(24)9-20-15(25)10-23-16(26)18(22-17(23)27)6-2-3-7-18/h4-5,8H,2-3,6-7,9-10H2,1H3,(H,20,25)(H,21,24)(H,22,27). The lowest BCUT2D eigenvalue weighted by Crippen LogP contribution is -2.46. The lowest BCUT2D eigenvalue weighted by atomic mass is 9.98. The summed E-state index contributed by atoms with van der Waals surface area (Å²) < 4.78 is 0.903. The van der Waals surface area contributed by atoms with Crippen LogP contribution in [0.1, 0.15) is 31.2 Å². The van der Waals surface area contributed by atoms with Crippen molar-refractivity contribution in [3.8, 4) is 0 Å². The molecule has 0 unspecified atom stereocenters. The summed E-state index contributed by atoms with van der Waals surface area (Å²) in [5, 5.41) is 7.87. The average molecular weight is 437 g/mol. The van der Waals surface area contributed by atoms with E-state index in [1.807, 2.05) is 13.0 Å². The van der Waals surface area contributed by atoms with Gasteiger partial charge >= 0.3 is 6.03 Å². The van der Waals surface area contributed by atoms with E-state index in [0.717, 1.165) is 27.8 Å². The third-order valence-corrected chi connectivity index (χ3v) is 5.41. The highest BCUT2D eigenvalue weighted by Crippen LogP contribution is 2.34. The zero-order valence-corrected chi connectivity index (χ0v) is 16.5. The van der Waals surface area contributed by atoms with E-state index < -0.39 is 29.9 Å². The second-order valence-electron chi connectivity index (χ2n) is 6.89. The van der Waals surface area contributed by atoms with Crippen LogP contribution in [0.2, 0.25) is 0 Å². The van der Waals surface area contributed by atoms with Gasteiger partial charge < -0.3 is 16.0 Å². The lowest BCUT2D eigenvalue weighted by molar-refractivity contribution is -0.135. The number of anilines is 1. The summed E-state index contributed by atoms with van der Waals surface area (Å²) in [5.41, 5.74) is 0.688. The van der Waals surface area contributed by atoms with E-state index in [9.17, 15) is 19.2 Å². The van der Waals surface area contributed by atoms with Gasteiger partial charge in [-0.2, -0.15) is 0 Å². The van der Waals surface area contributed by atoms with E-state index >= 15 is 0 Å². The number of halogens is 1. The van der Waals surface area contributed by atoms with Crippen molar-refractivity contribution in [1.82, 2.24) is 15.5 Å². The molecule has 2 aliphatic rings. The molecule has 144 valence electrons. The average Bonchev–Trinajstić information content (AvgIpc) is 3.17. The molecule has 0 bridgehead atoms. The second-order valence-corrected chi connectivity index (χ2v) is 7.81. The summed E-state index contributed by atoms with van der Waals surface area (Å²) in [4.78, 5) is 49.6. The van der Waals surface area contributed by atoms with E-state index in [1.54, 1.807) is 12.1 Å². The predicted molar refractivity (Wildman–Crippen MR) is 102 cm³/mol. The molecule has 5 amide bonds. The maximum absolute atomic E-state index is 12.5. The van der Waals surface area contributed by atoms with Gasteiger partial charge in [-0.25, -0.2) is 4.79 Å². The number of carbonyl (C=O) groups is 4. The van der Waals surface area contributed by atoms with Crippen LogP contribution >= 0.6 is 15.9 Å². The summed E-state index contributed by atoms with van der Waals surface area (Å²) in [6.07, 6.45) is 2.96. The molecule has 3 N–H and O–H groups in total. The molecule has 0 aromatic heterocycles. The third-order valence-electron chi connectivity index (χ3n) is 4.91. The first-order valence-electron chi connectivity index (χ1n) is 8.77. The van der Waals surface area contributed by atoms with Crippen molar-refractivity contribution in [1.29, 1.82) is 0 Å². The smallest absolute Gasteiger partial charge is 0.325 e. The van der Waals surface area contributed by atoms with Crippen molar-refractivity contribution >= 4 is 45.4 Å². The van der Waals surface area contributed by atoms with Crippen LogP contribution in [0.15, 0.2) is 22.7 Å². The fourth-order valence-electron chi connectivity index (χ4n) is 3.48. The first-order valence-corrected chi connectivity index (χ1v) is 9.57. The quantitative estimate of drug-likeness (QED) is 0.610. The molecule has 1 aliphatic carbocycles. The normalized spacial score (nSPS) is 17.9.